The molecule has 0 bridgehead atoms. The standard InChI is InChI=1S/C15H18N6O2S/c1-10-5-7-11(8-6-10)21-24(22,23)13-4-2-3-12(9-13)19-15(18)20-14(16)17/h2-9,21H,1H3,(H6,16,17,18,19,20). The third kappa shape index (κ3) is 4.71. The summed E-state index contributed by atoms with van der Waals surface area (Å²) >= 11 is 0. The Hall–Kier alpha value is -3.07. The van der Waals surface area contributed by atoms with Crippen LogP contribution in [-0.4, -0.2) is 20.3 Å². The van der Waals surface area contributed by atoms with Crippen LogP contribution >= 0.6 is 0 Å². The van der Waals surface area contributed by atoms with E-state index in [2.05, 4.69) is 14.7 Å². The molecule has 0 aliphatic heterocycles. The maximum Gasteiger partial charge on any atom is 0.261 e. The number of hydrogen-bond donors (Lipinski definition) is 4. The maximum atomic E-state index is 12.4. The molecule has 0 unspecified atom stereocenters. The highest BCUT2D eigenvalue weighted by Crippen LogP contribution is 2.21. The minimum Gasteiger partial charge on any atom is -0.370 e. The number of nitrogens with zero attached hydrogens (tertiary/aromatic N) is 2. The number of benzene rings is 2. The Balaban J connectivity index is 2.29. The van der Waals surface area contributed by atoms with Gasteiger partial charge in [0.25, 0.3) is 10.0 Å². The Morgan fingerprint density at radius 2 is 1.71 bits per heavy atom. The quantitative estimate of drug-likeness (QED) is 0.481. The van der Waals surface area contributed by atoms with Gasteiger partial charge >= 0.3 is 0 Å². The number of hydrogen-bond acceptors (Lipinski definition) is 3. The zero-order valence-corrected chi connectivity index (χ0v) is 13.8. The smallest absolute Gasteiger partial charge is 0.261 e. The molecule has 2 rings (SSSR count). The molecule has 7 N–H and O–H groups in total. The summed E-state index contributed by atoms with van der Waals surface area (Å²) in [6, 6.07) is 12.9. The van der Waals surface area contributed by atoms with E-state index in [1.165, 1.54) is 12.1 Å². The summed E-state index contributed by atoms with van der Waals surface area (Å²) in [5.74, 6) is -0.405. The van der Waals surface area contributed by atoms with Crippen molar-refractivity contribution in [3.63, 3.8) is 0 Å². The lowest BCUT2D eigenvalue weighted by Gasteiger charge is -2.09. The van der Waals surface area contributed by atoms with Gasteiger partial charge < -0.3 is 17.2 Å². The largest absolute Gasteiger partial charge is 0.370 e. The van der Waals surface area contributed by atoms with Gasteiger partial charge in [0.15, 0.2) is 5.96 Å². The maximum absolute atomic E-state index is 12.4. The molecule has 8 nitrogen and oxygen atoms in total. The Labute approximate surface area is 140 Å². The Morgan fingerprint density at radius 1 is 1.04 bits per heavy atom. The highest BCUT2D eigenvalue weighted by Gasteiger charge is 2.14. The molecule has 0 aliphatic rings. The molecule has 0 radical (unpaired) electrons. The van der Waals surface area contributed by atoms with E-state index in [0.717, 1.165) is 5.56 Å². The number of nitrogens with two attached hydrogens (primary N) is 3. The first kappa shape index (κ1) is 17.3. The fraction of sp³-hybridized carbons (Fsp3) is 0.0667. The van der Waals surface area contributed by atoms with Gasteiger partial charge in [0.2, 0.25) is 5.96 Å². The van der Waals surface area contributed by atoms with Gasteiger partial charge in [-0.1, -0.05) is 23.8 Å². The van der Waals surface area contributed by atoms with E-state index in [1.807, 2.05) is 19.1 Å². The lowest BCUT2D eigenvalue weighted by Crippen LogP contribution is -2.26. The predicted molar refractivity (Wildman–Crippen MR) is 95.5 cm³/mol. The second-order valence-corrected chi connectivity index (χ2v) is 6.66. The lowest BCUT2D eigenvalue weighted by atomic mass is 10.2. The van der Waals surface area contributed by atoms with E-state index < -0.39 is 10.0 Å². The fourth-order valence-electron chi connectivity index (χ4n) is 1.85. The van der Waals surface area contributed by atoms with Crippen LogP contribution in [0.1, 0.15) is 5.56 Å². The van der Waals surface area contributed by atoms with Gasteiger partial charge in [0, 0.05) is 5.69 Å². The Morgan fingerprint density at radius 3 is 2.33 bits per heavy atom. The van der Waals surface area contributed by atoms with Crippen molar-refractivity contribution in [1.29, 1.82) is 0 Å². The van der Waals surface area contributed by atoms with Crippen LogP contribution in [0.3, 0.4) is 0 Å². The zero-order valence-electron chi connectivity index (χ0n) is 13.0. The minimum atomic E-state index is -3.75. The van der Waals surface area contributed by atoms with Crippen LogP contribution in [-0.2, 0) is 10.0 Å². The molecule has 0 saturated carbocycles. The number of anilines is 1. The molecule has 0 spiro atoms. The average Bonchev–Trinajstić information content (AvgIpc) is 2.49. The molecule has 126 valence electrons. The van der Waals surface area contributed by atoms with Crippen LogP contribution in [0, 0.1) is 6.92 Å². The second-order valence-electron chi connectivity index (χ2n) is 4.98. The van der Waals surface area contributed by atoms with Crippen molar-refractivity contribution in [3.05, 3.63) is 54.1 Å². The van der Waals surface area contributed by atoms with Crippen LogP contribution in [0.2, 0.25) is 0 Å². The summed E-state index contributed by atoms with van der Waals surface area (Å²) in [5, 5.41) is 0. The van der Waals surface area contributed by atoms with Gasteiger partial charge in [-0.3, -0.25) is 4.72 Å². The molecule has 9 heteroatoms. The molecule has 0 fully saturated rings. The van der Waals surface area contributed by atoms with Crippen molar-refractivity contribution in [3.8, 4) is 0 Å². The molecule has 0 aliphatic carbocycles. The van der Waals surface area contributed by atoms with Crippen LogP contribution in [0.4, 0.5) is 11.4 Å². The Kier molecular flexibility index (Phi) is 5.05. The highest BCUT2D eigenvalue weighted by molar-refractivity contribution is 7.92. The number of aliphatic imine (C=N–C) groups is 2. The summed E-state index contributed by atoms with van der Waals surface area (Å²) < 4.78 is 27.4. The first-order chi connectivity index (χ1) is 11.3. The molecule has 2 aromatic rings. The first-order valence-corrected chi connectivity index (χ1v) is 8.38. The molecule has 0 amide bonds. The second kappa shape index (κ2) is 7.01. The average molecular weight is 346 g/mol. The van der Waals surface area contributed by atoms with Crippen molar-refractivity contribution >= 4 is 33.3 Å². The molecule has 24 heavy (non-hydrogen) atoms. The van der Waals surface area contributed by atoms with E-state index >= 15 is 0 Å². The summed E-state index contributed by atoms with van der Waals surface area (Å²) in [6.07, 6.45) is 0. The molecular weight excluding hydrogens is 328 g/mol. The molecule has 0 saturated heterocycles. The van der Waals surface area contributed by atoms with E-state index in [-0.39, 0.29) is 16.8 Å². The van der Waals surface area contributed by atoms with E-state index in [9.17, 15) is 8.42 Å². The van der Waals surface area contributed by atoms with Gasteiger partial charge in [-0.15, -0.1) is 0 Å². The summed E-state index contributed by atoms with van der Waals surface area (Å²) in [6.45, 7) is 1.92. The normalized spacial score (nSPS) is 11.8. The number of sulfonamides is 1. The van der Waals surface area contributed by atoms with Crippen LogP contribution in [0.15, 0.2) is 63.4 Å². The SMILES string of the molecule is Cc1ccc(NS(=O)(=O)c2cccc(N=C(N)N=C(N)N)c2)cc1. The van der Waals surface area contributed by atoms with Crippen molar-refractivity contribution in [2.24, 2.45) is 27.2 Å². The number of aryl methyl sites for hydroxylation is 1. The van der Waals surface area contributed by atoms with Gasteiger partial charge in [-0.25, -0.2) is 13.4 Å². The topological polar surface area (TPSA) is 149 Å². The first-order valence-electron chi connectivity index (χ1n) is 6.89. The molecular formula is C15H18N6O2S. The fourth-order valence-corrected chi connectivity index (χ4v) is 2.94. The van der Waals surface area contributed by atoms with Gasteiger partial charge in [0.1, 0.15) is 0 Å². The summed E-state index contributed by atoms with van der Waals surface area (Å²) in [7, 11) is -3.75. The summed E-state index contributed by atoms with van der Waals surface area (Å²) in [5.41, 5.74) is 17.8. The van der Waals surface area contributed by atoms with Crippen LogP contribution in [0.5, 0.6) is 0 Å². The van der Waals surface area contributed by atoms with Crippen molar-refractivity contribution in [1.82, 2.24) is 0 Å². The third-order valence-electron chi connectivity index (χ3n) is 2.92. The Bertz CT molecular complexity index is 884. The van der Waals surface area contributed by atoms with Gasteiger partial charge in [-0.2, -0.15) is 4.99 Å². The van der Waals surface area contributed by atoms with Crippen molar-refractivity contribution in [2.45, 2.75) is 11.8 Å². The minimum absolute atomic E-state index is 0.0434. The third-order valence-corrected chi connectivity index (χ3v) is 4.30. The van der Waals surface area contributed by atoms with Gasteiger partial charge in [0.05, 0.1) is 10.6 Å². The number of rotatable bonds is 4. The van der Waals surface area contributed by atoms with E-state index in [0.29, 0.717) is 11.4 Å². The molecule has 0 atom stereocenters. The van der Waals surface area contributed by atoms with Crippen molar-refractivity contribution < 1.29 is 8.42 Å². The number of nitrogens with one attached hydrogen (secondary N) is 1. The van der Waals surface area contributed by atoms with E-state index in [4.69, 9.17) is 17.2 Å². The van der Waals surface area contributed by atoms with Crippen LogP contribution < -0.4 is 21.9 Å². The van der Waals surface area contributed by atoms with E-state index in [1.54, 1.807) is 24.3 Å². The molecule has 0 heterocycles. The van der Waals surface area contributed by atoms with Crippen molar-refractivity contribution in [2.75, 3.05) is 4.72 Å². The monoisotopic (exact) mass is 346 g/mol. The van der Waals surface area contributed by atoms with Crippen LogP contribution in [0.25, 0.3) is 0 Å². The zero-order chi connectivity index (χ0) is 17.7. The molecule has 2 aromatic carbocycles. The molecule has 0 aromatic heterocycles. The predicted octanol–water partition coefficient (Wildman–Crippen LogP) is 1.02. The van der Waals surface area contributed by atoms with Gasteiger partial charge in [-0.05, 0) is 37.3 Å². The lowest BCUT2D eigenvalue weighted by molar-refractivity contribution is 0.601. The summed E-state index contributed by atoms with van der Waals surface area (Å²) in [4.78, 5) is 7.57. The number of guanidine groups is 2. The highest BCUT2D eigenvalue weighted by atomic mass is 32.2.